The second-order valence-corrected chi connectivity index (χ2v) is 7.29. The molecule has 4 heterocycles. The molecular formula is C20H16FN9O2. The fourth-order valence-corrected chi connectivity index (χ4v) is 3.84. The molecule has 11 nitrogen and oxygen atoms in total. The molecule has 3 aromatic heterocycles. The monoisotopic (exact) mass is 433 g/mol. The van der Waals surface area contributed by atoms with Crippen LogP contribution in [0.5, 0.6) is 5.75 Å². The Bertz CT molecular complexity index is 1480. The predicted octanol–water partition coefficient (Wildman–Crippen LogP) is 1.32. The Kier molecular flexibility index (Phi) is 4.26. The predicted molar refractivity (Wildman–Crippen MR) is 109 cm³/mol. The molecule has 2 bridgehead atoms. The maximum Gasteiger partial charge on any atom is 0.388 e. The molecule has 4 aromatic rings. The van der Waals surface area contributed by atoms with Crippen LogP contribution in [0, 0.1) is 17.1 Å². The lowest BCUT2D eigenvalue weighted by Crippen LogP contribution is -2.25. The van der Waals surface area contributed by atoms with Gasteiger partial charge in [-0.05, 0) is 36.4 Å². The molecular weight excluding hydrogens is 417 g/mol. The number of pyridine rings is 1. The van der Waals surface area contributed by atoms with Crippen molar-refractivity contribution in [2.24, 2.45) is 7.05 Å². The number of tetrazole rings is 1. The Labute approximate surface area is 180 Å². The van der Waals surface area contributed by atoms with Gasteiger partial charge in [0.05, 0.1) is 11.4 Å². The quantitative estimate of drug-likeness (QED) is 0.437. The van der Waals surface area contributed by atoms with Crippen LogP contribution in [0.15, 0.2) is 35.3 Å². The molecule has 0 amide bonds. The molecule has 0 fully saturated rings. The summed E-state index contributed by atoms with van der Waals surface area (Å²) in [6.45, 7) is 1.72. The van der Waals surface area contributed by atoms with Crippen LogP contribution >= 0.6 is 0 Å². The summed E-state index contributed by atoms with van der Waals surface area (Å²) in [5.74, 6) is -0.115. The van der Waals surface area contributed by atoms with Crippen molar-refractivity contribution in [3.8, 4) is 28.6 Å². The average Bonchev–Trinajstić information content (AvgIpc) is 3.27. The molecule has 0 saturated heterocycles. The highest BCUT2D eigenvalue weighted by Gasteiger charge is 2.25. The molecule has 1 aliphatic rings. The standard InChI is InChI=1S/C20H16FN9O2/c1-10-13-6-12(21)3-4-15(13)30-20(31)25-27-29(30)9-14-18(16(7-22)28(2)26-14)11-5-17(32-10)19(23)24-8-11/h3-6,8,10H,9H2,1-2H3,(H2,23,24)/t10-/m1/s1. The van der Waals surface area contributed by atoms with Gasteiger partial charge in [0, 0.05) is 29.9 Å². The van der Waals surface area contributed by atoms with E-state index in [1.165, 1.54) is 38.6 Å². The highest BCUT2D eigenvalue weighted by Crippen LogP contribution is 2.35. The maximum absolute atomic E-state index is 14.1. The van der Waals surface area contributed by atoms with Crippen LogP contribution in [0.1, 0.15) is 30.0 Å². The molecule has 1 aromatic carbocycles. The van der Waals surface area contributed by atoms with Gasteiger partial charge in [-0.1, -0.05) is 5.10 Å². The molecule has 1 aliphatic heterocycles. The van der Waals surface area contributed by atoms with E-state index >= 15 is 0 Å². The zero-order chi connectivity index (χ0) is 22.6. The van der Waals surface area contributed by atoms with Crippen LogP contribution < -0.4 is 16.2 Å². The number of halogens is 1. The van der Waals surface area contributed by atoms with Crippen LogP contribution in [-0.4, -0.2) is 34.6 Å². The number of nitrogen functional groups attached to an aromatic ring is 1. The van der Waals surface area contributed by atoms with Gasteiger partial charge in [-0.15, -0.1) is 0 Å². The number of hydrogen-bond acceptors (Lipinski definition) is 8. The Balaban J connectivity index is 1.86. The van der Waals surface area contributed by atoms with Crippen LogP contribution in [0.25, 0.3) is 16.8 Å². The van der Waals surface area contributed by atoms with Crippen LogP contribution in [-0.2, 0) is 13.6 Å². The number of ether oxygens (including phenoxy) is 1. The van der Waals surface area contributed by atoms with E-state index in [1.54, 1.807) is 20.0 Å². The number of anilines is 1. The van der Waals surface area contributed by atoms with Crippen molar-refractivity contribution < 1.29 is 9.13 Å². The van der Waals surface area contributed by atoms with Gasteiger partial charge < -0.3 is 10.5 Å². The SMILES string of the molecule is C[C@H]1Oc2cc(cnc2N)-c2c(nn(C)c2C#N)Cn2nnc(=O)n2-c2ccc(F)cc21. The van der Waals surface area contributed by atoms with E-state index in [1.807, 2.05) is 0 Å². The number of nitrogens with two attached hydrogens (primary N) is 1. The summed E-state index contributed by atoms with van der Waals surface area (Å²) in [5.41, 5.74) is 7.92. The number of hydrogen-bond donors (Lipinski definition) is 1. The number of nitriles is 1. The van der Waals surface area contributed by atoms with Gasteiger partial charge in [0.1, 0.15) is 30.2 Å². The Morgan fingerprint density at radius 1 is 1.34 bits per heavy atom. The van der Waals surface area contributed by atoms with Gasteiger partial charge in [0.25, 0.3) is 0 Å². The number of nitrogens with zero attached hydrogens (tertiary/aromatic N) is 8. The first-order chi connectivity index (χ1) is 15.4. The van der Waals surface area contributed by atoms with Crippen molar-refractivity contribution in [1.82, 2.24) is 34.6 Å². The lowest BCUT2D eigenvalue weighted by atomic mass is 10.0. The largest absolute Gasteiger partial charge is 0.482 e. The van der Waals surface area contributed by atoms with E-state index in [4.69, 9.17) is 10.5 Å². The van der Waals surface area contributed by atoms with Gasteiger partial charge in [0.15, 0.2) is 11.6 Å². The molecule has 0 aliphatic carbocycles. The smallest absolute Gasteiger partial charge is 0.388 e. The number of rotatable bonds is 0. The van der Waals surface area contributed by atoms with Gasteiger partial charge in [-0.25, -0.2) is 14.2 Å². The molecule has 1 atom stereocenters. The summed E-state index contributed by atoms with van der Waals surface area (Å²) >= 11 is 0. The summed E-state index contributed by atoms with van der Waals surface area (Å²) in [4.78, 5) is 18.1. The Morgan fingerprint density at radius 3 is 2.94 bits per heavy atom. The molecule has 2 N–H and O–H groups in total. The minimum absolute atomic E-state index is 0.0197. The van der Waals surface area contributed by atoms with Crippen molar-refractivity contribution in [2.45, 2.75) is 19.6 Å². The first-order valence-corrected chi connectivity index (χ1v) is 9.58. The zero-order valence-corrected chi connectivity index (χ0v) is 17.0. The van der Waals surface area contributed by atoms with E-state index < -0.39 is 17.6 Å². The molecule has 0 spiro atoms. The fourth-order valence-electron chi connectivity index (χ4n) is 3.84. The number of aromatic nitrogens is 7. The van der Waals surface area contributed by atoms with Gasteiger partial charge >= 0.3 is 5.69 Å². The van der Waals surface area contributed by atoms with Gasteiger partial charge in [-0.3, -0.25) is 4.68 Å². The van der Waals surface area contributed by atoms with Crippen molar-refractivity contribution in [1.29, 1.82) is 5.26 Å². The van der Waals surface area contributed by atoms with E-state index in [0.717, 1.165) is 0 Å². The number of aryl methyl sites for hydroxylation is 1. The van der Waals surface area contributed by atoms with Crippen molar-refractivity contribution in [2.75, 3.05) is 5.73 Å². The second-order valence-electron chi connectivity index (χ2n) is 7.29. The third-order valence-corrected chi connectivity index (χ3v) is 5.29. The summed E-state index contributed by atoms with van der Waals surface area (Å²) in [5, 5.41) is 21.8. The molecule has 32 heavy (non-hydrogen) atoms. The van der Waals surface area contributed by atoms with Crippen molar-refractivity contribution in [3.63, 3.8) is 0 Å². The third kappa shape index (κ3) is 2.90. The van der Waals surface area contributed by atoms with Crippen LogP contribution in [0.2, 0.25) is 0 Å². The van der Waals surface area contributed by atoms with Crippen molar-refractivity contribution in [3.05, 3.63) is 63.7 Å². The molecule has 160 valence electrons. The summed E-state index contributed by atoms with van der Waals surface area (Å²) in [7, 11) is 1.64. The molecule has 0 radical (unpaired) electrons. The highest BCUT2D eigenvalue weighted by atomic mass is 19.1. The van der Waals surface area contributed by atoms with Crippen LogP contribution in [0.3, 0.4) is 0 Å². The zero-order valence-electron chi connectivity index (χ0n) is 17.0. The normalized spacial score (nSPS) is 14.8. The van der Waals surface area contributed by atoms with E-state index in [9.17, 15) is 14.4 Å². The number of benzene rings is 1. The van der Waals surface area contributed by atoms with Crippen LogP contribution in [0.4, 0.5) is 10.2 Å². The Morgan fingerprint density at radius 2 is 2.16 bits per heavy atom. The van der Waals surface area contributed by atoms with E-state index in [0.29, 0.717) is 33.8 Å². The van der Waals surface area contributed by atoms with Gasteiger partial charge in [0.2, 0.25) is 0 Å². The highest BCUT2D eigenvalue weighted by molar-refractivity contribution is 5.73. The minimum Gasteiger partial charge on any atom is -0.482 e. The Hall–Kier alpha value is -4.53. The molecule has 0 unspecified atom stereocenters. The lowest BCUT2D eigenvalue weighted by molar-refractivity contribution is 0.226. The first kappa shape index (κ1) is 19.4. The summed E-state index contributed by atoms with van der Waals surface area (Å²) in [6.07, 6.45) is 0.806. The summed E-state index contributed by atoms with van der Waals surface area (Å²) in [6, 6.07) is 7.77. The first-order valence-electron chi connectivity index (χ1n) is 9.58. The molecule has 0 saturated carbocycles. The van der Waals surface area contributed by atoms with Gasteiger partial charge in [-0.2, -0.15) is 19.8 Å². The molecule has 12 heteroatoms. The topological polar surface area (TPSA) is 142 Å². The van der Waals surface area contributed by atoms with E-state index in [-0.39, 0.29) is 18.1 Å². The summed E-state index contributed by atoms with van der Waals surface area (Å²) < 4.78 is 22.8. The molecule has 5 rings (SSSR count). The average molecular weight is 433 g/mol. The second kappa shape index (κ2) is 7.02. The van der Waals surface area contributed by atoms with E-state index in [2.05, 4.69) is 26.5 Å². The van der Waals surface area contributed by atoms with Crippen molar-refractivity contribution >= 4 is 5.82 Å². The number of fused-ring (bicyclic) bond motifs is 7. The lowest BCUT2D eigenvalue weighted by Gasteiger charge is -2.21. The third-order valence-electron chi connectivity index (χ3n) is 5.29. The minimum atomic E-state index is -0.710. The fraction of sp³-hybridized carbons (Fsp3) is 0.200. The maximum atomic E-state index is 14.1.